The van der Waals surface area contributed by atoms with Crippen LogP contribution < -0.4 is 10.7 Å². The van der Waals surface area contributed by atoms with Crippen LogP contribution in [-0.4, -0.2) is 18.5 Å². The molecule has 172 valence electrons. The summed E-state index contributed by atoms with van der Waals surface area (Å²) in [6, 6.07) is 14.7. The Bertz CT molecular complexity index is 1480. The normalized spacial score (nSPS) is 10.8. The van der Waals surface area contributed by atoms with Crippen molar-refractivity contribution >= 4 is 28.5 Å². The molecule has 0 fully saturated rings. The number of rotatable bonds is 5. The van der Waals surface area contributed by atoms with E-state index in [1.165, 1.54) is 18.2 Å². The van der Waals surface area contributed by atoms with Crippen LogP contribution in [-0.2, 0) is 9.53 Å². The van der Waals surface area contributed by atoms with Crippen molar-refractivity contribution in [3.05, 3.63) is 99.5 Å². The fourth-order valence-corrected chi connectivity index (χ4v) is 3.35. The van der Waals surface area contributed by atoms with Gasteiger partial charge in [-0.25, -0.2) is 18.0 Å². The summed E-state index contributed by atoms with van der Waals surface area (Å²) < 4.78 is 51.0. The van der Waals surface area contributed by atoms with Gasteiger partial charge in [0.2, 0.25) is 0 Å². The summed E-state index contributed by atoms with van der Waals surface area (Å²) >= 11 is 0. The zero-order valence-electron chi connectivity index (χ0n) is 17.7. The molecule has 0 atom stereocenters. The summed E-state index contributed by atoms with van der Waals surface area (Å²) in [5.74, 6) is -6.42. The van der Waals surface area contributed by atoms with E-state index in [9.17, 15) is 27.6 Å². The van der Waals surface area contributed by atoms with Crippen LogP contribution in [0.25, 0.3) is 22.3 Å². The number of carbonyl (C=O) groups excluding carboxylic acids is 2. The number of halogens is 3. The molecule has 1 aromatic heterocycles. The van der Waals surface area contributed by atoms with E-state index in [0.717, 1.165) is 6.07 Å². The van der Waals surface area contributed by atoms with Crippen LogP contribution in [0.5, 0.6) is 0 Å². The molecule has 9 heteroatoms. The number of nitrogens with one attached hydrogen (secondary N) is 1. The molecule has 3 aromatic carbocycles. The molecule has 0 saturated carbocycles. The summed E-state index contributed by atoms with van der Waals surface area (Å²) in [6.07, 6.45) is 0. The van der Waals surface area contributed by atoms with Gasteiger partial charge in [0, 0.05) is 11.1 Å². The van der Waals surface area contributed by atoms with Gasteiger partial charge in [-0.05, 0) is 31.2 Å². The van der Waals surface area contributed by atoms with Crippen molar-refractivity contribution < 1.29 is 31.9 Å². The van der Waals surface area contributed by atoms with Gasteiger partial charge in [-0.3, -0.25) is 9.59 Å². The molecule has 4 rings (SSSR count). The second-order valence-electron chi connectivity index (χ2n) is 7.28. The maximum Gasteiger partial charge on any atom is 0.342 e. The minimum Gasteiger partial charge on any atom is -0.455 e. The number of amides is 1. The third kappa shape index (κ3) is 4.27. The maximum atomic E-state index is 13.7. The van der Waals surface area contributed by atoms with Crippen molar-refractivity contribution in [2.75, 3.05) is 11.9 Å². The Kier molecular flexibility index (Phi) is 6.18. The average Bonchev–Trinajstić information content (AvgIpc) is 2.85. The van der Waals surface area contributed by atoms with Gasteiger partial charge in [-0.2, -0.15) is 0 Å². The van der Waals surface area contributed by atoms with Crippen LogP contribution in [0.1, 0.15) is 15.9 Å². The van der Waals surface area contributed by atoms with E-state index in [2.05, 4.69) is 0 Å². The van der Waals surface area contributed by atoms with Crippen molar-refractivity contribution in [1.82, 2.24) is 0 Å². The second kappa shape index (κ2) is 9.22. The summed E-state index contributed by atoms with van der Waals surface area (Å²) in [6.45, 7) is 0.760. The fourth-order valence-electron chi connectivity index (χ4n) is 3.35. The molecule has 6 nitrogen and oxygen atoms in total. The van der Waals surface area contributed by atoms with Gasteiger partial charge >= 0.3 is 5.97 Å². The smallest absolute Gasteiger partial charge is 0.342 e. The number of esters is 1. The lowest BCUT2D eigenvalue weighted by molar-refractivity contribution is -0.119. The van der Waals surface area contributed by atoms with Crippen molar-refractivity contribution in [1.29, 1.82) is 0 Å². The summed E-state index contributed by atoms with van der Waals surface area (Å²) in [4.78, 5) is 37.6. The lowest BCUT2D eigenvalue weighted by Gasteiger charge is -2.11. The van der Waals surface area contributed by atoms with Crippen LogP contribution in [0, 0.1) is 24.4 Å². The van der Waals surface area contributed by atoms with Gasteiger partial charge in [0.1, 0.15) is 11.3 Å². The Hall–Kier alpha value is -4.40. The minimum atomic E-state index is -1.75. The summed E-state index contributed by atoms with van der Waals surface area (Å²) in [5, 5.41) is 2.15. The molecular formula is C25H16F3NO5. The first-order chi connectivity index (χ1) is 16.3. The van der Waals surface area contributed by atoms with E-state index in [-0.39, 0.29) is 27.7 Å². The Balaban J connectivity index is 1.59. The predicted octanol–water partition coefficient (Wildman–Crippen LogP) is 4.98. The number of fused-ring (bicyclic) bond motifs is 1. The molecule has 0 bridgehead atoms. The van der Waals surface area contributed by atoms with Gasteiger partial charge < -0.3 is 14.5 Å². The zero-order chi connectivity index (χ0) is 24.4. The van der Waals surface area contributed by atoms with Crippen molar-refractivity contribution in [2.45, 2.75) is 6.92 Å². The average molecular weight is 467 g/mol. The Morgan fingerprint density at radius 1 is 0.941 bits per heavy atom. The lowest BCUT2D eigenvalue weighted by Crippen LogP contribution is -2.22. The van der Waals surface area contributed by atoms with Crippen LogP contribution in [0.4, 0.5) is 18.9 Å². The first-order valence-corrected chi connectivity index (χ1v) is 10.00. The fraction of sp³-hybridized carbons (Fsp3) is 0.0800. The molecule has 1 heterocycles. The zero-order valence-corrected chi connectivity index (χ0v) is 17.7. The standard InChI is InChI=1S/C25H16F3NO5/c1-13-22(31)15-8-5-9-16(24(15)34-23(13)14-6-3-2-4-7-14)25(32)33-12-19(30)29-18-11-10-17(26)20(27)21(18)28/h2-11H,12H2,1H3,(H,29,30). The molecule has 0 saturated heterocycles. The van der Waals surface area contributed by atoms with Crippen LogP contribution >= 0.6 is 0 Å². The van der Waals surface area contributed by atoms with Gasteiger partial charge in [0.05, 0.1) is 11.1 Å². The highest BCUT2D eigenvalue weighted by Gasteiger charge is 2.21. The second-order valence-corrected chi connectivity index (χ2v) is 7.28. The monoisotopic (exact) mass is 467 g/mol. The molecule has 4 aromatic rings. The molecule has 0 spiro atoms. The topological polar surface area (TPSA) is 85.6 Å². The first-order valence-electron chi connectivity index (χ1n) is 10.00. The molecule has 0 unspecified atom stereocenters. The van der Waals surface area contributed by atoms with Gasteiger partial charge in [0.15, 0.2) is 35.1 Å². The number of ether oxygens (including phenoxy) is 1. The summed E-state index contributed by atoms with van der Waals surface area (Å²) in [5.41, 5.74) is -0.0692. The number of hydrogen-bond acceptors (Lipinski definition) is 5. The van der Waals surface area contributed by atoms with Crippen LogP contribution in [0.3, 0.4) is 0 Å². The van der Waals surface area contributed by atoms with Crippen LogP contribution in [0.15, 0.2) is 69.9 Å². The highest BCUT2D eigenvalue weighted by atomic mass is 19.2. The van der Waals surface area contributed by atoms with E-state index in [1.807, 2.05) is 5.32 Å². The number of benzene rings is 3. The van der Waals surface area contributed by atoms with Crippen molar-refractivity contribution in [3.8, 4) is 11.3 Å². The minimum absolute atomic E-state index is 0.0194. The first kappa shape index (κ1) is 22.8. The maximum absolute atomic E-state index is 13.7. The predicted molar refractivity (Wildman–Crippen MR) is 118 cm³/mol. The molecule has 1 N–H and O–H groups in total. The molecule has 1 amide bonds. The van der Waals surface area contributed by atoms with Crippen LogP contribution in [0.2, 0.25) is 0 Å². The number of anilines is 1. The largest absolute Gasteiger partial charge is 0.455 e. The molecule has 0 aliphatic carbocycles. The quantitative estimate of drug-likeness (QED) is 0.331. The third-order valence-corrected chi connectivity index (χ3v) is 5.04. The van der Waals surface area contributed by atoms with Gasteiger partial charge in [0.25, 0.3) is 5.91 Å². The highest BCUT2D eigenvalue weighted by molar-refractivity contribution is 6.03. The Morgan fingerprint density at radius 3 is 2.41 bits per heavy atom. The lowest BCUT2D eigenvalue weighted by atomic mass is 10.0. The third-order valence-electron chi connectivity index (χ3n) is 5.04. The molecule has 0 radical (unpaired) electrons. The van der Waals surface area contributed by atoms with E-state index in [4.69, 9.17) is 9.15 Å². The Labute approximate surface area is 190 Å². The van der Waals surface area contributed by atoms with E-state index in [1.54, 1.807) is 37.3 Å². The number of para-hydroxylation sites is 1. The van der Waals surface area contributed by atoms with Crippen molar-refractivity contribution in [2.24, 2.45) is 0 Å². The van der Waals surface area contributed by atoms with Gasteiger partial charge in [-0.1, -0.05) is 36.4 Å². The molecule has 0 aliphatic rings. The SMILES string of the molecule is Cc1c(-c2ccccc2)oc2c(C(=O)OCC(=O)Nc3ccc(F)c(F)c3F)cccc2c1=O. The van der Waals surface area contributed by atoms with E-state index in [0.29, 0.717) is 17.2 Å². The summed E-state index contributed by atoms with van der Waals surface area (Å²) in [7, 11) is 0. The Morgan fingerprint density at radius 2 is 1.68 bits per heavy atom. The molecule has 34 heavy (non-hydrogen) atoms. The van der Waals surface area contributed by atoms with E-state index >= 15 is 0 Å². The number of hydrogen-bond donors (Lipinski definition) is 1. The van der Waals surface area contributed by atoms with Crippen molar-refractivity contribution in [3.63, 3.8) is 0 Å². The molecule has 0 aliphatic heterocycles. The number of carbonyl (C=O) groups is 2. The highest BCUT2D eigenvalue weighted by Crippen LogP contribution is 2.27. The molecular weight excluding hydrogens is 451 g/mol. The van der Waals surface area contributed by atoms with E-state index < -0.39 is 41.6 Å². The van der Waals surface area contributed by atoms with Gasteiger partial charge in [-0.15, -0.1) is 0 Å².